The quantitative estimate of drug-likeness (QED) is 0.877. The molecule has 0 bridgehead atoms. The highest BCUT2D eigenvalue weighted by Gasteiger charge is 2.11. The van der Waals surface area contributed by atoms with Gasteiger partial charge in [0.25, 0.3) is 0 Å². The Hall–Kier alpha value is -1.27. The van der Waals surface area contributed by atoms with Crippen LogP contribution in [-0.2, 0) is 12.8 Å². The molecule has 0 aliphatic rings. The number of hydrogen-bond acceptors (Lipinski definition) is 3. The molecule has 0 unspecified atom stereocenters. The second-order valence-corrected chi connectivity index (χ2v) is 5.62. The predicted octanol–water partition coefficient (Wildman–Crippen LogP) is 3.17. The molecule has 1 heterocycles. The third-order valence-corrected chi connectivity index (χ3v) is 4.00. The fourth-order valence-electron chi connectivity index (χ4n) is 1.47. The molecule has 0 saturated carbocycles. The van der Waals surface area contributed by atoms with Gasteiger partial charge in [-0.15, -0.1) is 11.8 Å². The third-order valence-electron chi connectivity index (χ3n) is 2.45. The predicted molar refractivity (Wildman–Crippen MR) is 73.9 cm³/mol. The number of nitrogens with zero attached hydrogens (tertiary/aromatic N) is 2. The van der Waals surface area contributed by atoms with Gasteiger partial charge in [0.1, 0.15) is 5.82 Å². The molecule has 2 rings (SSSR count). The van der Waals surface area contributed by atoms with E-state index < -0.39 is 5.97 Å². The lowest BCUT2D eigenvalue weighted by atomic mass is 10.2. The van der Waals surface area contributed by atoms with Crippen LogP contribution in [0.25, 0.3) is 0 Å². The second-order valence-electron chi connectivity index (χ2n) is 3.69. The summed E-state index contributed by atoms with van der Waals surface area (Å²) in [5.74, 6) is 0.640. The number of carboxylic acid groups (broad SMARTS) is 1. The first-order chi connectivity index (χ1) is 8.58. The van der Waals surface area contributed by atoms with E-state index in [1.54, 1.807) is 18.3 Å². The molecule has 4 nitrogen and oxygen atoms in total. The Labute approximate surface area is 117 Å². The van der Waals surface area contributed by atoms with Gasteiger partial charge in [0.2, 0.25) is 0 Å². The van der Waals surface area contributed by atoms with Crippen molar-refractivity contribution in [2.45, 2.75) is 10.6 Å². The summed E-state index contributed by atoms with van der Waals surface area (Å²) < 4.78 is 2.79. The number of benzene rings is 1. The van der Waals surface area contributed by atoms with Crippen LogP contribution in [-0.4, -0.2) is 20.6 Å². The molecular formula is C12H11BrN2O2S. The van der Waals surface area contributed by atoms with Crippen LogP contribution >= 0.6 is 27.7 Å². The van der Waals surface area contributed by atoms with E-state index in [1.165, 1.54) is 11.8 Å². The topological polar surface area (TPSA) is 55.1 Å². The van der Waals surface area contributed by atoms with E-state index >= 15 is 0 Å². The maximum Gasteiger partial charge on any atom is 0.336 e. The van der Waals surface area contributed by atoms with Crippen LogP contribution in [0.5, 0.6) is 0 Å². The van der Waals surface area contributed by atoms with Gasteiger partial charge in [0.15, 0.2) is 0 Å². The van der Waals surface area contributed by atoms with Crippen molar-refractivity contribution in [2.24, 2.45) is 7.05 Å². The molecule has 0 spiro atoms. The maximum absolute atomic E-state index is 11.1. The second kappa shape index (κ2) is 5.58. The number of aromatic nitrogens is 2. The average Bonchev–Trinajstić information content (AvgIpc) is 2.72. The maximum atomic E-state index is 11.1. The smallest absolute Gasteiger partial charge is 0.336 e. The van der Waals surface area contributed by atoms with Crippen molar-refractivity contribution in [3.8, 4) is 0 Å². The Balaban J connectivity index is 2.20. The van der Waals surface area contributed by atoms with E-state index in [0.29, 0.717) is 11.3 Å². The van der Waals surface area contributed by atoms with Gasteiger partial charge in [-0.25, -0.2) is 9.78 Å². The molecule has 0 aliphatic carbocycles. The van der Waals surface area contributed by atoms with Crippen LogP contribution in [0.4, 0.5) is 0 Å². The van der Waals surface area contributed by atoms with Crippen molar-refractivity contribution in [1.29, 1.82) is 0 Å². The van der Waals surface area contributed by atoms with Gasteiger partial charge in [0.05, 0.1) is 11.3 Å². The zero-order valence-electron chi connectivity index (χ0n) is 9.63. The number of imidazole rings is 1. The average molecular weight is 327 g/mol. The molecule has 0 amide bonds. The highest BCUT2D eigenvalue weighted by molar-refractivity contribution is 9.10. The molecule has 0 radical (unpaired) electrons. The molecule has 0 aliphatic heterocycles. The number of rotatable bonds is 4. The third kappa shape index (κ3) is 2.94. The first-order valence-corrected chi connectivity index (χ1v) is 6.97. The lowest BCUT2D eigenvalue weighted by molar-refractivity contribution is 0.0693. The molecule has 0 fully saturated rings. The summed E-state index contributed by atoms with van der Waals surface area (Å²) in [7, 11) is 1.92. The summed E-state index contributed by atoms with van der Waals surface area (Å²) in [4.78, 5) is 16.1. The normalized spacial score (nSPS) is 10.6. The molecule has 1 aromatic heterocycles. The SMILES string of the molecule is Cn1ccnc1CSc1cc(Br)ccc1C(=O)O. The van der Waals surface area contributed by atoms with Crippen LogP contribution in [0, 0.1) is 0 Å². The number of hydrogen-bond donors (Lipinski definition) is 1. The minimum absolute atomic E-state index is 0.317. The Kier molecular flexibility index (Phi) is 4.08. The summed E-state index contributed by atoms with van der Waals surface area (Å²) in [6.45, 7) is 0. The largest absolute Gasteiger partial charge is 0.478 e. The molecular weight excluding hydrogens is 316 g/mol. The first kappa shape index (κ1) is 13.2. The van der Waals surface area contributed by atoms with E-state index in [4.69, 9.17) is 5.11 Å². The van der Waals surface area contributed by atoms with Crippen molar-refractivity contribution >= 4 is 33.7 Å². The number of aromatic carboxylic acids is 1. The molecule has 1 aromatic carbocycles. The molecule has 18 heavy (non-hydrogen) atoms. The monoisotopic (exact) mass is 326 g/mol. The highest BCUT2D eigenvalue weighted by atomic mass is 79.9. The lowest BCUT2D eigenvalue weighted by Gasteiger charge is -2.06. The van der Waals surface area contributed by atoms with Crippen molar-refractivity contribution < 1.29 is 9.90 Å². The van der Waals surface area contributed by atoms with Gasteiger partial charge in [-0.1, -0.05) is 15.9 Å². The van der Waals surface area contributed by atoms with Crippen LogP contribution in [0.2, 0.25) is 0 Å². The summed E-state index contributed by atoms with van der Waals surface area (Å²) in [6, 6.07) is 5.15. The lowest BCUT2D eigenvalue weighted by Crippen LogP contribution is -2.00. The zero-order chi connectivity index (χ0) is 13.1. The molecule has 6 heteroatoms. The standard InChI is InChI=1S/C12H11BrN2O2S/c1-15-5-4-14-11(15)7-18-10-6-8(13)2-3-9(10)12(16)17/h2-6H,7H2,1H3,(H,16,17). The fraction of sp³-hybridized carbons (Fsp3) is 0.167. The number of carboxylic acids is 1. The van der Waals surface area contributed by atoms with Crippen LogP contribution in [0.1, 0.15) is 16.2 Å². The van der Waals surface area contributed by atoms with Crippen molar-refractivity contribution in [2.75, 3.05) is 0 Å². The molecule has 94 valence electrons. The molecule has 0 saturated heterocycles. The van der Waals surface area contributed by atoms with Gasteiger partial charge in [-0.3, -0.25) is 0 Å². The van der Waals surface area contributed by atoms with Crippen molar-refractivity contribution in [1.82, 2.24) is 9.55 Å². The number of carbonyl (C=O) groups is 1. The van der Waals surface area contributed by atoms with Crippen molar-refractivity contribution in [3.05, 3.63) is 46.5 Å². The van der Waals surface area contributed by atoms with E-state index in [2.05, 4.69) is 20.9 Å². The summed E-state index contributed by atoms with van der Waals surface area (Å²) in [5, 5.41) is 9.12. The Bertz CT molecular complexity index is 583. The number of halogens is 1. The fourth-order valence-corrected chi connectivity index (χ4v) is 3.07. The minimum Gasteiger partial charge on any atom is -0.478 e. The summed E-state index contributed by atoms with van der Waals surface area (Å²) in [6.07, 6.45) is 3.60. The Morgan fingerprint density at radius 2 is 2.33 bits per heavy atom. The van der Waals surface area contributed by atoms with Gasteiger partial charge in [-0.2, -0.15) is 0 Å². The molecule has 1 N–H and O–H groups in total. The van der Waals surface area contributed by atoms with Crippen LogP contribution in [0.15, 0.2) is 40.0 Å². The summed E-state index contributed by atoms with van der Waals surface area (Å²) >= 11 is 4.82. The van der Waals surface area contributed by atoms with Crippen LogP contribution < -0.4 is 0 Å². The van der Waals surface area contributed by atoms with E-state index in [9.17, 15) is 4.79 Å². The first-order valence-electron chi connectivity index (χ1n) is 5.20. The Morgan fingerprint density at radius 1 is 1.56 bits per heavy atom. The van der Waals surface area contributed by atoms with E-state index in [-0.39, 0.29) is 0 Å². The van der Waals surface area contributed by atoms with E-state index in [1.807, 2.05) is 23.9 Å². The van der Waals surface area contributed by atoms with Gasteiger partial charge in [-0.05, 0) is 18.2 Å². The van der Waals surface area contributed by atoms with Crippen LogP contribution in [0.3, 0.4) is 0 Å². The Morgan fingerprint density at radius 3 is 2.94 bits per heavy atom. The molecule has 2 aromatic rings. The highest BCUT2D eigenvalue weighted by Crippen LogP contribution is 2.28. The van der Waals surface area contributed by atoms with Gasteiger partial charge >= 0.3 is 5.97 Å². The molecule has 0 atom stereocenters. The summed E-state index contributed by atoms with van der Waals surface area (Å²) in [5.41, 5.74) is 0.317. The van der Waals surface area contributed by atoms with E-state index in [0.717, 1.165) is 15.2 Å². The van der Waals surface area contributed by atoms with Gasteiger partial charge in [0, 0.05) is 28.8 Å². The minimum atomic E-state index is -0.912. The zero-order valence-corrected chi connectivity index (χ0v) is 12.0. The number of aryl methyl sites for hydroxylation is 1. The van der Waals surface area contributed by atoms with Crippen molar-refractivity contribution in [3.63, 3.8) is 0 Å². The number of thioether (sulfide) groups is 1. The van der Waals surface area contributed by atoms with Gasteiger partial charge < -0.3 is 9.67 Å².